The maximum Gasteiger partial charge on any atom is 0.231 e. The molecule has 0 bridgehead atoms. The Morgan fingerprint density at radius 2 is 1.77 bits per heavy atom. The summed E-state index contributed by atoms with van der Waals surface area (Å²) in [4.78, 5) is 29.0. The molecule has 0 spiro atoms. The molecule has 0 fully saturated rings. The number of nitrogens with one attached hydrogen (secondary N) is 2. The fourth-order valence-corrected chi connectivity index (χ4v) is 2.97. The molecule has 0 aromatic heterocycles. The maximum absolute atomic E-state index is 12.4. The van der Waals surface area contributed by atoms with Gasteiger partial charge in [0.05, 0.1) is 26.7 Å². The van der Waals surface area contributed by atoms with E-state index in [1.54, 1.807) is 32.4 Å². The third-order valence-electron chi connectivity index (χ3n) is 4.59. The lowest BCUT2D eigenvalue weighted by atomic mass is 10.0. The predicted octanol–water partition coefficient (Wildman–Crippen LogP) is 2.40. The molecule has 2 amide bonds. The second-order valence-corrected chi connectivity index (χ2v) is 7.79. The molecule has 0 saturated carbocycles. The SMILES string of the molecule is CC[C@@H](C)NC(=O)C[C@@H](CC(C)C)N=C(N)NC(=O)Cc1ccc(OC)c(OC)c1. The van der Waals surface area contributed by atoms with Crippen LogP contribution in [0.25, 0.3) is 0 Å². The summed E-state index contributed by atoms with van der Waals surface area (Å²) in [5.74, 6) is 1.13. The molecule has 0 aliphatic heterocycles. The molecule has 168 valence electrons. The van der Waals surface area contributed by atoms with Crippen LogP contribution in [0.4, 0.5) is 0 Å². The fraction of sp³-hybridized carbons (Fsp3) is 0.591. The van der Waals surface area contributed by atoms with Crippen LogP contribution in [0.5, 0.6) is 11.5 Å². The highest BCUT2D eigenvalue weighted by Gasteiger charge is 2.17. The van der Waals surface area contributed by atoms with Crippen molar-refractivity contribution in [3.63, 3.8) is 0 Å². The molecular weight excluding hydrogens is 384 g/mol. The number of amides is 2. The van der Waals surface area contributed by atoms with Crippen LogP contribution in [-0.4, -0.2) is 44.1 Å². The van der Waals surface area contributed by atoms with Crippen molar-refractivity contribution in [1.82, 2.24) is 10.6 Å². The summed E-state index contributed by atoms with van der Waals surface area (Å²) in [6, 6.07) is 5.09. The molecule has 1 aromatic rings. The molecule has 0 aliphatic carbocycles. The van der Waals surface area contributed by atoms with E-state index in [0.29, 0.717) is 23.8 Å². The summed E-state index contributed by atoms with van der Waals surface area (Å²) >= 11 is 0. The number of nitrogens with zero attached hydrogens (tertiary/aromatic N) is 1. The zero-order chi connectivity index (χ0) is 22.7. The number of hydrogen-bond donors (Lipinski definition) is 3. The molecule has 0 radical (unpaired) electrons. The molecule has 0 heterocycles. The highest BCUT2D eigenvalue weighted by Crippen LogP contribution is 2.27. The van der Waals surface area contributed by atoms with Gasteiger partial charge in [0, 0.05) is 12.5 Å². The molecule has 0 unspecified atom stereocenters. The normalized spacial score (nSPS) is 13.5. The van der Waals surface area contributed by atoms with E-state index in [1.807, 2.05) is 13.8 Å². The zero-order valence-corrected chi connectivity index (χ0v) is 19.0. The number of hydrogen-bond acceptors (Lipinski definition) is 5. The van der Waals surface area contributed by atoms with Crippen molar-refractivity contribution >= 4 is 17.8 Å². The largest absolute Gasteiger partial charge is 0.493 e. The summed E-state index contributed by atoms with van der Waals surface area (Å²) in [5, 5.41) is 5.55. The summed E-state index contributed by atoms with van der Waals surface area (Å²) < 4.78 is 10.5. The molecule has 30 heavy (non-hydrogen) atoms. The van der Waals surface area contributed by atoms with E-state index in [-0.39, 0.29) is 42.7 Å². The Labute approximate surface area is 179 Å². The summed E-state index contributed by atoms with van der Waals surface area (Å²) in [6.45, 7) is 8.09. The van der Waals surface area contributed by atoms with E-state index in [0.717, 1.165) is 12.0 Å². The number of guanidine groups is 1. The quantitative estimate of drug-likeness (QED) is 0.376. The van der Waals surface area contributed by atoms with Gasteiger partial charge in [-0.05, 0) is 43.4 Å². The highest BCUT2D eigenvalue weighted by atomic mass is 16.5. The summed E-state index contributed by atoms with van der Waals surface area (Å²) in [6.07, 6.45) is 1.90. The van der Waals surface area contributed by atoms with Crippen LogP contribution in [-0.2, 0) is 16.0 Å². The lowest BCUT2D eigenvalue weighted by Crippen LogP contribution is -2.40. The first-order valence-electron chi connectivity index (χ1n) is 10.3. The van der Waals surface area contributed by atoms with Gasteiger partial charge in [-0.25, -0.2) is 4.99 Å². The van der Waals surface area contributed by atoms with E-state index in [1.165, 1.54) is 0 Å². The second kappa shape index (κ2) is 12.7. The standard InChI is InChI=1S/C22H36N4O4/c1-7-15(4)24-21(28)13-17(10-14(2)3)25-22(23)26-20(27)12-16-8-9-18(29-5)19(11-16)30-6/h8-9,11,14-15,17H,7,10,12-13H2,1-6H3,(H,24,28)(H3,23,25,26,27)/t15-,17-/m1/s1. The number of rotatable bonds is 11. The fourth-order valence-electron chi connectivity index (χ4n) is 2.97. The van der Waals surface area contributed by atoms with Gasteiger partial charge in [0.25, 0.3) is 0 Å². The van der Waals surface area contributed by atoms with Crippen LogP contribution in [0.2, 0.25) is 0 Å². The lowest BCUT2D eigenvalue weighted by molar-refractivity contribution is -0.122. The monoisotopic (exact) mass is 420 g/mol. The van der Waals surface area contributed by atoms with Crippen LogP contribution < -0.4 is 25.8 Å². The third-order valence-corrected chi connectivity index (χ3v) is 4.59. The molecule has 1 aromatic carbocycles. The van der Waals surface area contributed by atoms with Crippen molar-refractivity contribution in [2.45, 2.75) is 65.5 Å². The Bertz CT molecular complexity index is 734. The first kappa shape index (κ1) is 25.3. The van der Waals surface area contributed by atoms with Crippen LogP contribution in [0.3, 0.4) is 0 Å². The Morgan fingerprint density at radius 1 is 1.10 bits per heavy atom. The average Bonchev–Trinajstić information content (AvgIpc) is 2.66. The van der Waals surface area contributed by atoms with E-state index in [4.69, 9.17) is 15.2 Å². The van der Waals surface area contributed by atoms with Gasteiger partial charge in [-0.1, -0.05) is 26.8 Å². The Balaban J connectivity index is 2.76. The summed E-state index contributed by atoms with van der Waals surface area (Å²) in [7, 11) is 3.09. The second-order valence-electron chi connectivity index (χ2n) is 7.79. The van der Waals surface area contributed by atoms with E-state index in [9.17, 15) is 9.59 Å². The number of ether oxygens (including phenoxy) is 2. The lowest BCUT2D eigenvalue weighted by Gasteiger charge is -2.18. The van der Waals surface area contributed by atoms with Gasteiger partial charge in [0.15, 0.2) is 17.5 Å². The highest BCUT2D eigenvalue weighted by molar-refractivity contribution is 5.97. The van der Waals surface area contributed by atoms with E-state index >= 15 is 0 Å². The van der Waals surface area contributed by atoms with Crippen molar-refractivity contribution in [1.29, 1.82) is 0 Å². The van der Waals surface area contributed by atoms with Gasteiger partial charge in [-0.15, -0.1) is 0 Å². The van der Waals surface area contributed by atoms with Crippen molar-refractivity contribution in [2.75, 3.05) is 14.2 Å². The zero-order valence-electron chi connectivity index (χ0n) is 19.0. The van der Waals surface area contributed by atoms with Crippen molar-refractivity contribution < 1.29 is 19.1 Å². The number of carbonyl (C=O) groups excluding carboxylic acids is 2. The molecule has 2 atom stereocenters. The molecule has 1 rings (SSSR count). The van der Waals surface area contributed by atoms with Gasteiger partial charge in [-0.2, -0.15) is 0 Å². The predicted molar refractivity (Wildman–Crippen MR) is 119 cm³/mol. The minimum atomic E-state index is -0.296. The van der Waals surface area contributed by atoms with Crippen LogP contribution in [0.15, 0.2) is 23.2 Å². The molecule has 0 saturated heterocycles. The number of aliphatic imine (C=N–C) groups is 1. The van der Waals surface area contributed by atoms with Crippen LogP contribution >= 0.6 is 0 Å². The number of nitrogens with two attached hydrogens (primary N) is 1. The van der Waals surface area contributed by atoms with Crippen LogP contribution in [0, 0.1) is 5.92 Å². The smallest absolute Gasteiger partial charge is 0.231 e. The first-order chi connectivity index (χ1) is 14.2. The maximum atomic E-state index is 12.4. The summed E-state index contributed by atoms with van der Waals surface area (Å²) in [5.41, 5.74) is 6.71. The first-order valence-corrected chi connectivity index (χ1v) is 10.3. The van der Waals surface area contributed by atoms with Crippen molar-refractivity contribution in [3.05, 3.63) is 23.8 Å². The van der Waals surface area contributed by atoms with Crippen molar-refractivity contribution in [2.24, 2.45) is 16.6 Å². The Hall–Kier alpha value is -2.77. The van der Waals surface area contributed by atoms with E-state index in [2.05, 4.69) is 29.5 Å². The minimum Gasteiger partial charge on any atom is -0.493 e. The molecular formula is C22H36N4O4. The van der Waals surface area contributed by atoms with E-state index < -0.39 is 0 Å². The van der Waals surface area contributed by atoms with Gasteiger partial charge in [0.2, 0.25) is 11.8 Å². The molecule has 8 heteroatoms. The van der Waals surface area contributed by atoms with Gasteiger partial charge in [-0.3, -0.25) is 14.9 Å². The third kappa shape index (κ3) is 9.15. The molecule has 0 aliphatic rings. The van der Waals surface area contributed by atoms with Gasteiger partial charge < -0.3 is 20.5 Å². The van der Waals surface area contributed by atoms with Crippen LogP contribution in [0.1, 0.15) is 52.5 Å². The van der Waals surface area contributed by atoms with Crippen molar-refractivity contribution in [3.8, 4) is 11.5 Å². The Morgan fingerprint density at radius 3 is 2.33 bits per heavy atom. The number of methoxy groups -OCH3 is 2. The number of benzene rings is 1. The minimum absolute atomic E-state index is 0.0162. The topological polar surface area (TPSA) is 115 Å². The molecule has 8 nitrogen and oxygen atoms in total. The number of carbonyl (C=O) groups is 2. The molecule has 4 N–H and O–H groups in total. The average molecular weight is 421 g/mol. The van der Waals surface area contributed by atoms with Gasteiger partial charge in [0.1, 0.15) is 0 Å². The Kier molecular flexibility index (Phi) is 10.7. The van der Waals surface area contributed by atoms with Gasteiger partial charge >= 0.3 is 0 Å².